The highest BCUT2D eigenvalue weighted by molar-refractivity contribution is 7.94. The average Bonchev–Trinajstić information content (AvgIpc) is 3.15. The van der Waals surface area contributed by atoms with Crippen molar-refractivity contribution in [2.45, 2.75) is 4.21 Å². The first-order valence-electron chi connectivity index (χ1n) is 7.61. The molecule has 10 heteroatoms. The molecule has 144 valence electrons. The Morgan fingerprint density at radius 1 is 1.19 bits per heavy atom. The van der Waals surface area contributed by atoms with Gasteiger partial charge in [0.15, 0.2) is 6.61 Å². The van der Waals surface area contributed by atoms with E-state index in [9.17, 15) is 13.2 Å². The van der Waals surface area contributed by atoms with Crippen molar-refractivity contribution in [2.24, 2.45) is 0 Å². The van der Waals surface area contributed by atoms with E-state index in [1.165, 1.54) is 22.7 Å². The van der Waals surface area contributed by atoms with Gasteiger partial charge in [-0.25, -0.2) is 8.42 Å². The van der Waals surface area contributed by atoms with Crippen molar-refractivity contribution in [2.75, 3.05) is 38.1 Å². The molecule has 0 aliphatic rings. The summed E-state index contributed by atoms with van der Waals surface area (Å²) in [5.74, 6) is 0.283. The van der Waals surface area contributed by atoms with Crippen LogP contribution in [0, 0.1) is 0 Å². The Hall–Kier alpha value is -1.81. The van der Waals surface area contributed by atoms with Gasteiger partial charge in [-0.3, -0.25) is 9.10 Å². The normalized spacial score (nSPS) is 10.7. The van der Waals surface area contributed by atoms with Crippen molar-refractivity contribution in [3.8, 4) is 5.75 Å². The molecule has 0 fully saturated rings. The number of nitrogens with zero attached hydrogens (tertiary/aromatic N) is 1. The highest BCUT2D eigenvalue weighted by Gasteiger charge is 2.22. The molecule has 1 heterocycles. The van der Waals surface area contributed by atoms with Crippen LogP contribution in [0.4, 0.5) is 5.69 Å². The first-order valence-corrected chi connectivity index (χ1v) is 9.93. The van der Waals surface area contributed by atoms with Crippen LogP contribution in [0.1, 0.15) is 0 Å². The fourth-order valence-electron chi connectivity index (χ4n) is 1.96. The molecule has 2 rings (SSSR count). The minimum Gasteiger partial charge on any atom is -0.484 e. The second kappa shape index (κ2) is 10.4. The molecule has 0 aliphatic heterocycles. The zero-order valence-electron chi connectivity index (χ0n) is 14.5. The molecule has 0 atom stereocenters. The van der Waals surface area contributed by atoms with Crippen LogP contribution in [-0.2, 0) is 14.8 Å². The molecule has 0 unspecified atom stereocenters. The maximum atomic E-state index is 12.5. The third-order valence-electron chi connectivity index (χ3n) is 3.38. The van der Waals surface area contributed by atoms with Crippen LogP contribution >= 0.6 is 23.7 Å². The number of likely N-dealkylation sites (N-methyl/N-ethyl adjacent to an activating group) is 1. The Morgan fingerprint density at radius 2 is 1.88 bits per heavy atom. The van der Waals surface area contributed by atoms with Crippen molar-refractivity contribution in [1.82, 2.24) is 10.6 Å². The number of anilines is 1. The van der Waals surface area contributed by atoms with E-state index in [2.05, 4.69) is 10.6 Å². The van der Waals surface area contributed by atoms with Gasteiger partial charge in [0.1, 0.15) is 9.96 Å². The largest absolute Gasteiger partial charge is 0.484 e. The summed E-state index contributed by atoms with van der Waals surface area (Å²) < 4.78 is 31.8. The maximum absolute atomic E-state index is 12.5. The molecule has 0 bridgehead atoms. The first-order chi connectivity index (χ1) is 11.9. The molecule has 1 amide bonds. The predicted molar refractivity (Wildman–Crippen MR) is 106 cm³/mol. The van der Waals surface area contributed by atoms with E-state index in [1.54, 1.807) is 48.8 Å². The van der Waals surface area contributed by atoms with Gasteiger partial charge in [0, 0.05) is 20.1 Å². The van der Waals surface area contributed by atoms with Crippen LogP contribution in [0.25, 0.3) is 0 Å². The van der Waals surface area contributed by atoms with Crippen LogP contribution in [0.2, 0.25) is 0 Å². The van der Waals surface area contributed by atoms with E-state index in [0.717, 1.165) is 0 Å². The molecule has 0 spiro atoms. The van der Waals surface area contributed by atoms with Gasteiger partial charge < -0.3 is 15.4 Å². The Balaban J connectivity index is 0.00000338. The summed E-state index contributed by atoms with van der Waals surface area (Å²) in [4.78, 5) is 11.6. The van der Waals surface area contributed by atoms with Gasteiger partial charge in [0.05, 0.1) is 5.69 Å². The third kappa shape index (κ3) is 5.87. The number of ether oxygens (including phenoxy) is 1. The first kappa shape index (κ1) is 22.2. The Morgan fingerprint density at radius 3 is 2.46 bits per heavy atom. The molecule has 0 saturated heterocycles. The lowest BCUT2D eigenvalue weighted by molar-refractivity contribution is -0.123. The predicted octanol–water partition coefficient (Wildman–Crippen LogP) is 1.71. The van der Waals surface area contributed by atoms with Gasteiger partial charge in [0.2, 0.25) is 0 Å². The average molecular weight is 420 g/mol. The van der Waals surface area contributed by atoms with Crippen molar-refractivity contribution in [1.29, 1.82) is 0 Å². The summed E-state index contributed by atoms with van der Waals surface area (Å²) in [6.45, 7) is 1.13. The van der Waals surface area contributed by atoms with Crippen LogP contribution < -0.4 is 19.7 Å². The Bertz CT molecular complexity index is 780. The number of benzene rings is 1. The number of hydrogen-bond acceptors (Lipinski definition) is 6. The molecule has 0 saturated carbocycles. The molecule has 2 N–H and O–H groups in total. The Kier molecular flexibility index (Phi) is 8.86. The van der Waals surface area contributed by atoms with Crippen molar-refractivity contribution >= 4 is 45.4 Å². The van der Waals surface area contributed by atoms with Gasteiger partial charge in [-0.15, -0.1) is 23.7 Å². The number of nitrogens with one attached hydrogen (secondary N) is 2. The van der Waals surface area contributed by atoms with E-state index in [0.29, 0.717) is 24.5 Å². The van der Waals surface area contributed by atoms with Crippen LogP contribution in [0.15, 0.2) is 46.0 Å². The summed E-state index contributed by atoms with van der Waals surface area (Å²) in [5.41, 5.74) is 0.513. The van der Waals surface area contributed by atoms with Gasteiger partial charge in [-0.05, 0) is 42.8 Å². The van der Waals surface area contributed by atoms with E-state index in [4.69, 9.17) is 4.74 Å². The zero-order valence-corrected chi connectivity index (χ0v) is 16.9. The topological polar surface area (TPSA) is 87.7 Å². The number of halogens is 1. The quantitative estimate of drug-likeness (QED) is 0.604. The molecule has 26 heavy (non-hydrogen) atoms. The van der Waals surface area contributed by atoms with Crippen LogP contribution in [-0.4, -0.2) is 48.1 Å². The number of thiophene rings is 1. The van der Waals surface area contributed by atoms with Gasteiger partial charge in [0.25, 0.3) is 15.9 Å². The van der Waals surface area contributed by atoms with E-state index >= 15 is 0 Å². The SMILES string of the molecule is CNCCNC(=O)COc1ccc(N(C)S(=O)(=O)c2cccs2)cc1.Cl. The number of amides is 1. The lowest BCUT2D eigenvalue weighted by atomic mass is 10.3. The fraction of sp³-hybridized carbons (Fsp3) is 0.312. The van der Waals surface area contributed by atoms with Crippen LogP contribution in [0.3, 0.4) is 0 Å². The second-order valence-corrected chi connectivity index (χ2v) is 8.28. The van der Waals surface area contributed by atoms with Gasteiger partial charge in [-0.2, -0.15) is 0 Å². The molecule has 1 aromatic heterocycles. The number of rotatable bonds is 9. The van der Waals surface area contributed by atoms with Crippen molar-refractivity contribution in [3.05, 3.63) is 41.8 Å². The van der Waals surface area contributed by atoms with E-state index in [-0.39, 0.29) is 29.1 Å². The fourth-order valence-corrected chi connectivity index (χ4v) is 4.32. The number of carbonyl (C=O) groups is 1. The molecule has 0 aliphatic carbocycles. The smallest absolute Gasteiger partial charge is 0.273 e. The monoisotopic (exact) mass is 419 g/mol. The van der Waals surface area contributed by atoms with Crippen LogP contribution in [0.5, 0.6) is 5.75 Å². The third-order valence-corrected chi connectivity index (χ3v) is 6.54. The lowest BCUT2D eigenvalue weighted by Crippen LogP contribution is -2.33. The molecule has 1 aromatic carbocycles. The molecule has 2 aromatic rings. The number of hydrogen-bond donors (Lipinski definition) is 2. The van der Waals surface area contributed by atoms with Crippen molar-refractivity contribution in [3.63, 3.8) is 0 Å². The molecule has 7 nitrogen and oxygen atoms in total. The second-order valence-electron chi connectivity index (χ2n) is 5.14. The maximum Gasteiger partial charge on any atom is 0.273 e. The van der Waals surface area contributed by atoms with Crippen molar-refractivity contribution < 1.29 is 17.9 Å². The Labute approximate surface area is 163 Å². The van der Waals surface area contributed by atoms with Gasteiger partial charge >= 0.3 is 0 Å². The summed E-state index contributed by atoms with van der Waals surface area (Å²) in [6.07, 6.45) is 0. The number of carbonyl (C=O) groups excluding carboxylic acids is 1. The van der Waals surface area contributed by atoms with E-state index in [1.807, 2.05) is 0 Å². The summed E-state index contributed by atoms with van der Waals surface area (Å²) in [6, 6.07) is 9.82. The summed E-state index contributed by atoms with van der Waals surface area (Å²) in [7, 11) is -0.254. The number of sulfonamides is 1. The summed E-state index contributed by atoms with van der Waals surface area (Å²) >= 11 is 1.17. The zero-order chi connectivity index (χ0) is 18.3. The lowest BCUT2D eigenvalue weighted by Gasteiger charge is -2.18. The van der Waals surface area contributed by atoms with Gasteiger partial charge in [-0.1, -0.05) is 6.07 Å². The minimum atomic E-state index is -3.56. The summed E-state index contributed by atoms with van der Waals surface area (Å²) in [5, 5.41) is 7.35. The molecular weight excluding hydrogens is 398 g/mol. The standard InChI is InChI=1S/C16H21N3O4S2.ClH/c1-17-9-10-18-15(20)12-23-14-7-5-13(6-8-14)19(2)25(21,22)16-4-3-11-24-16;/h3-8,11,17H,9-10,12H2,1-2H3,(H,18,20);1H. The highest BCUT2D eigenvalue weighted by Crippen LogP contribution is 2.26. The highest BCUT2D eigenvalue weighted by atomic mass is 35.5. The molecule has 0 radical (unpaired) electrons. The minimum absolute atomic E-state index is 0. The van der Waals surface area contributed by atoms with E-state index < -0.39 is 10.0 Å². The molecular formula is C16H22ClN3O4S2.